The molecule has 0 saturated carbocycles. The first kappa shape index (κ1) is 13.6. The van der Waals surface area contributed by atoms with E-state index in [2.05, 4.69) is 5.32 Å². The Kier molecular flexibility index (Phi) is 4.60. The van der Waals surface area contributed by atoms with Crippen LogP contribution in [0.1, 0.15) is 16.1 Å². The molecule has 4 nitrogen and oxygen atoms in total. The van der Waals surface area contributed by atoms with Crippen molar-refractivity contribution in [2.45, 2.75) is 12.5 Å². The van der Waals surface area contributed by atoms with E-state index in [1.165, 1.54) is 12.1 Å². The quantitative estimate of drug-likeness (QED) is 0.882. The molecule has 0 radical (unpaired) electrons. The minimum absolute atomic E-state index is 0.136. The minimum atomic E-state index is -0.387. The van der Waals surface area contributed by atoms with Crippen molar-refractivity contribution in [1.29, 1.82) is 0 Å². The van der Waals surface area contributed by atoms with Crippen LogP contribution in [0.25, 0.3) is 0 Å². The van der Waals surface area contributed by atoms with Crippen LogP contribution in [0.2, 0.25) is 5.22 Å². The molecule has 1 amide bonds. The number of carbonyl (C=O) groups excluding carboxylic acids is 1. The van der Waals surface area contributed by atoms with Gasteiger partial charge in [-0.2, -0.15) is 0 Å². The Hall–Kier alpha value is -1.78. The van der Waals surface area contributed by atoms with Gasteiger partial charge >= 0.3 is 0 Å². The summed E-state index contributed by atoms with van der Waals surface area (Å²) in [5.41, 5.74) is 1.04. The van der Waals surface area contributed by atoms with E-state index in [0.29, 0.717) is 6.42 Å². The third-order valence-corrected chi connectivity index (χ3v) is 2.88. The van der Waals surface area contributed by atoms with Gasteiger partial charge in [0, 0.05) is 0 Å². The van der Waals surface area contributed by atoms with Gasteiger partial charge in [-0.3, -0.25) is 4.79 Å². The second-order valence-corrected chi connectivity index (χ2v) is 4.52. The largest absolute Gasteiger partial charge is 0.440 e. The van der Waals surface area contributed by atoms with Crippen molar-refractivity contribution in [3.63, 3.8) is 0 Å². The van der Waals surface area contributed by atoms with Gasteiger partial charge in [0.25, 0.3) is 5.91 Å². The van der Waals surface area contributed by atoms with Crippen molar-refractivity contribution in [2.75, 3.05) is 6.61 Å². The predicted octanol–water partition coefficient (Wildman–Crippen LogP) is 2.27. The summed E-state index contributed by atoms with van der Waals surface area (Å²) in [5.74, 6) is -0.251. The molecule has 1 aromatic heterocycles. The molecule has 19 heavy (non-hydrogen) atoms. The van der Waals surface area contributed by atoms with E-state index >= 15 is 0 Å². The summed E-state index contributed by atoms with van der Waals surface area (Å²) in [6, 6.07) is 12.3. The first-order valence-electron chi connectivity index (χ1n) is 5.90. The molecule has 1 heterocycles. The van der Waals surface area contributed by atoms with E-state index in [1.807, 2.05) is 30.3 Å². The topological polar surface area (TPSA) is 62.5 Å². The molecule has 1 unspecified atom stereocenters. The van der Waals surface area contributed by atoms with Crippen LogP contribution in [-0.2, 0) is 6.42 Å². The predicted molar refractivity (Wildman–Crippen MR) is 72.2 cm³/mol. The molecule has 0 aliphatic carbocycles. The van der Waals surface area contributed by atoms with E-state index in [4.69, 9.17) is 16.0 Å². The number of rotatable bonds is 5. The van der Waals surface area contributed by atoms with Crippen LogP contribution in [0, 0.1) is 0 Å². The molecule has 0 aliphatic rings. The van der Waals surface area contributed by atoms with Crippen molar-refractivity contribution in [3.8, 4) is 0 Å². The van der Waals surface area contributed by atoms with Gasteiger partial charge < -0.3 is 14.8 Å². The molecular weight excluding hydrogens is 266 g/mol. The van der Waals surface area contributed by atoms with Crippen LogP contribution < -0.4 is 5.32 Å². The zero-order chi connectivity index (χ0) is 13.7. The number of nitrogens with one attached hydrogen (secondary N) is 1. The van der Waals surface area contributed by atoms with Gasteiger partial charge in [-0.05, 0) is 35.7 Å². The summed E-state index contributed by atoms with van der Waals surface area (Å²) in [5, 5.41) is 12.2. The highest BCUT2D eigenvalue weighted by Gasteiger charge is 2.16. The number of hydrogen-bond acceptors (Lipinski definition) is 3. The summed E-state index contributed by atoms with van der Waals surface area (Å²) in [6.45, 7) is -0.144. The molecule has 2 N–H and O–H groups in total. The number of aliphatic hydroxyl groups is 1. The normalized spacial score (nSPS) is 12.1. The molecule has 0 saturated heterocycles. The van der Waals surface area contributed by atoms with Crippen molar-refractivity contribution in [3.05, 3.63) is 59.0 Å². The molecule has 100 valence electrons. The maximum atomic E-state index is 11.8. The third-order valence-electron chi connectivity index (χ3n) is 2.68. The standard InChI is InChI=1S/C14H14ClNO3/c15-13-7-6-12(19-13)14(18)16-11(9-17)8-10-4-2-1-3-5-10/h1-7,11,17H,8-9H2,(H,16,18). The molecule has 2 aromatic rings. The molecule has 0 aliphatic heterocycles. The summed E-state index contributed by atoms with van der Waals surface area (Å²) in [4.78, 5) is 11.8. The summed E-state index contributed by atoms with van der Waals surface area (Å²) >= 11 is 5.61. The first-order chi connectivity index (χ1) is 9.19. The van der Waals surface area contributed by atoms with Gasteiger partial charge in [0.2, 0.25) is 0 Å². The van der Waals surface area contributed by atoms with Gasteiger partial charge in [-0.1, -0.05) is 30.3 Å². The lowest BCUT2D eigenvalue weighted by atomic mass is 10.1. The van der Waals surface area contributed by atoms with Gasteiger partial charge in [-0.15, -0.1) is 0 Å². The summed E-state index contributed by atoms with van der Waals surface area (Å²) in [7, 11) is 0. The van der Waals surface area contributed by atoms with Gasteiger partial charge in [-0.25, -0.2) is 0 Å². The van der Waals surface area contributed by atoms with Crippen LogP contribution in [0.5, 0.6) is 0 Å². The van der Waals surface area contributed by atoms with E-state index in [0.717, 1.165) is 5.56 Å². The minimum Gasteiger partial charge on any atom is -0.440 e. The van der Waals surface area contributed by atoms with Crippen LogP contribution in [-0.4, -0.2) is 23.7 Å². The fourth-order valence-electron chi connectivity index (χ4n) is 1.75. The number of amides is 1. The van der Waals surface area contributed by atoms with Crippen molar-refractivity contribution in [1.82, 2.24) is 5.32 Å². The SMILES string of the molecule is O=C(NC(CO)Cc1ccccc1)c1ccc(Cl)o1. The maximum Gasteiger partial charge on any atom is 0.287 e. The molecule has 1 aromatic carbocycles. The Morgan fingerprint density at radius 3 is 2.58 bits per heavy atom. The Balaban J connectivity index is 1.97. The van der Waals surface area contributed by atoms with Gasteiger partial charge in [0.1, 0.15) is 0 Å². The number of aliphatic hydroxyl groups excluding tert-OH is 1. The molecule has 5 heteroatoms. The second-order valence-electron chi connectivity index (χ2n) is 4.15. The van der Waals surface area contributed by atoms with Crippen LogP contribution in [0.3, 0.4) is 0 Å². The first-order valence-corrected chi connectivity index (χ1v) is 6.28. The van der Waals surface area contributed by atoms with Crippen LogP contribution >= 0.6 is 11.6 Å². The molecule has 0 bridgehead atoms. The van der Waals surface area contributed by atoms with Crippen LogP contribution in [0.4, 0.5) is 0 Å². The lowest BCUT2D eigenvalue weighted by Crippen LogP contribution is -2.38. The van der Waals surface area contributed by atoms with Crippen molar-refractivity contribution in [2.24, 2.45) is 0 Å². The van der Waals surface area contributed by atoms with E-state index in [9.17, 15) is 9.90 Å². The average molecular weight is 280 g/mol. The van der Waals surface area contributed by atoms with Gasteiger partial charge in [0.15, 0.2) is 11.0 Å². The highest BCUT2D eigenvalue weighted by atomic mass is 35.5. The smallest absolute Gasteiger partial charge is 0.287 e. The van der Waals surface area contributed by atoms with E-state index in [-0.39, 0.29) is 29.5 Å². The molecular formula is C14H14ClNO3. The molecule has 2 rings (SSSR count). The molecule has 1 atom stereocenters. The highest BCUT2D eigenvalue weighted by Crippen LogP contribution is 2.13. The second kappa shape index (κ2) is 6.41. The monoisotopic (exact) mass is 279 g/mol. The number of carbonyl (C=O) groups is 1. The Bertz CT molecular complexity index is 539. The fourth-order valence-corrected chi connectivity index (χ4v) is 1.90. The van der Waals surface area contributed by atoms with E-state index < -0.39 is 0 Å². The lowest BCUT2D eigenvalue weighted by Gasteiger charge is -2.15. The van der Waals surface area contributed by atoms with E-state index in [1.54, 1.807) is 0 Å². The summed E-state index contributed by atoms with van der Waals surface area (Å²) < 4.78 is 5.01. The van der Waals surface area contributed by atoms with Crippen LogP contribution in [0.15, 0.2) is 46.9 Å². The third kappa shape index (κ3) is 3.84. The zero-order valence-electron chi connectivity index (χ0n) is 10.2. The molecule has 0 spiro atoms. The highest BCUT2D eigenvalue weighted by molar-refractivity contribution is 6.29. The Labute approximate surface area is 116 Å². The van der Waals surface area contributed by atoms with Crippen molar-refractivity contribution >= 4 is 17.5 Å². The Morgan fingerprint density at radius 1 is 1.26 bits per heavy atom. The number of hydrogen-bond donors (Lipinski definition) is 2. The number of furan rings is 1. The lowest BCUT2D eigenvalue weighted by molar-refractivity contribution is 0.0888. The average Bonchev–Trinajstić information content (AvgIpc) is 2.86. The summed E-state index contributed by atoms with van der Waals surface area (Å²) in [6.07, 6.45) is 0.553. The number of halogens is 1. The molecule has 0 fully saturated rings. The zero-order valence-corrected chi connectivity index (χ0v) is 10.9. The van der Waals surface area contributed by atoms with Gasteiger partial charge in [0.05, 0.1) is 12.6 Å². The maximum absolute atomic E-state index is 11.8. The van der Waals surface area contributed by atoms with Crippen molar-refractivity contribution < 1.29 is 14.3 Å². The number of benzene rings is 1. The fraction of sp³-hybridized carbons (Fsp3) is 0.214. The Morgan fingerprint density at radius 2 is 2.00 bits per heavy atom.